The van der Waals surface area contributed by atoms with Gasteiger partial charge < -0.3 is 19.5 Å². The average Bonchev–Trinajstić information content (AvgIpc) is 2.45. The summed E-state index contributed by atoms with van der Waals surface area (Å²) in [6, 6.07) is 3.80. The lowest BCUT2D eigenvalue weighted by Crippen LogP contribution is -2.49. The predicted octanol–water partition coefficient (Wildman–Crippen LogP) is 3.13. The van der Waals surface area contributed by atoms with Gasteiger partial charge in [-0.1, -0.05) is 6.92 Å². The second-order valence-electron chi connectivity index (χ2n) is 5.35. The molecule has 0 aromatic heterocycles. The molecule has 4 heteroatoms. The lowest BCUT2D eigenvalue weighted by Gasteiger charge is -2.42. The van der Waals surface area contributed by atoms with Crippen LogP contribution in [0.5, 0.6) is 17.2 Å². The lowest BCUT2D eigenvalue weighted by molar-refractivity contribution is 0.174. The minimum Gasteiger partial charge on any atom is -0.496 e. The molecule has 0 heterocycles. The third-order valence-electron chi connectivity index (χ3n) is 4.44. The summed E-state index contributed by atoms with van der Waals surface area (Å²) in [5.41, 5.74) is 1.35. The number of methoxy groups -OCH3 is 3. The summed E-state index contributed by atoms with van der Waals surface area (Å²) in [7, 11) is 5.00. The average molecular weight is 279 g/mol. The molecule has 0 amide bonds. The number of ether oxygens (including phenoxy) is 3. The van der Waals surface area contributed by atoms with E-state index in [9.17, 15) is 0 Å². The molecule has 0 saturated heterocycles. The summed E-state index contributed by atoms with van der Waals surface area (Å²) in [5.74, 6) is 2.36. The molecular weight excluding hydrogens is 254 g/mol. The van der Waals surface area contributed by atoms with Crippen molar-refractivity contribution >= 4 is 0 Å². The molecule has 1 aromatic carbocycles. The standard InChI is InChI=1S/C16H25NO3/c1-5-16(7-6-8-16)17-11-13-14(19-3)9-12(18-2)10-15(13)20-4/h9-10,17H,5-8,11H2,1-4H3. The Labute approximate surface area is 121 Å². The number of benzene rings is 1. The minimum absolute atomic E-state index is 0.302. The van der Waals surface area contributed by atoms with Crippen LogP contribution in [0, 0.1) is 0 Å². The van der Waals surface area contributed by atoms with Gasteiger partial charge in [-0.25, -0.2) is 0 Å². The molecule has 20 heavy (non-hydrogen) atoms. The molecule has 1 N–H and O–H groups in total. The van der Waals surface area contributed by atoms with Gasteiger partial charge in [-0.2, -0.15) is 0 Å². The molecule has 0 unspecified atom stereocenters. The van der Waals surface area contributed by atoms with E-state index in [4.69, 9.17) is 14.2 Å². The van der Waals surface area contributed by atoms with E-state index in [0.29, 0.717) is 5.54 Å². The summed E-state index contributed by atoms with van der Waals surface area (Å²) in [6.07, 6.45) is 4.99. The number of nitrogens with one attached hydrogen (secondary N) is 1. The maximum absolute atomic E-state index is 5.48. The molecule has 1 aromatic rings. The molecule has 2 rings (SSSR count). The van der Waals surface area contributed by atoms with Crippen LogP contribution in [-0.2, 0) is 6.54 Å². The third kappa shape index (κ3) is 2.85. The quantitative estimate of drug-likeness (QED) is 0.832. The highest BCUT2D eigenvalue weighted by molar-refractivity contribution is 5.50. The van der Waals surface area contributed by atoms with Crippen molar-refractivity contribution in [2.24, 2.45) is 0 Å². The first kappa shape index (κ1) is 15.0. The van der Waals surface area contributed by atoms with Crippen LogP contribution in [0.25, 0.3) is 0 Å². The maximum atomic E-state index is 5.48. The van der Waals surface area contributed by atoms with E-state index >= 15 is 0 Å². The van der Waals surface area contributed by atoms with Crippen molar-refractivity contribution in [2.45, 2.75) is 44.7 Å². The Kier molecular flexibility index (Phi) is 4.76. The summed E-state index contributed by atoms with van der Waals surface area (Å²) in [5, 5.41) is 3.68. The van der Waals surface area contributed by atoms with Crippen LogP contribution in [-0.4, -0.2) is 26.9 Å². The van der Waals surface area contributed by atoms with E-state index in [1.807, 2.05) is 12.1 Å². The van der Waals surface area contributed by atoms with Gasteiger partial charge in [-0.05, 0) is 25.7 Å². The Morgan fingerprint density at radius 2 is 1.65 bits per heavy atom. The number of hydrogen-bond acceptors (Lipinski definition) is 4. The Balaban J connectivity index is 2.20. The zero-order chi connectivity index (χ0) is 14.6. The zero-order valence-corrected chi connectivity index (χ0v) is 12.9. The molecule has 112 valence electrons. The second kappa shape index (κ2) is 6.35. The van der Waals surface area contributed by atoms with Gasteiger partial charge in [-0.3, -0.25) is 0 Å². The second-order valence-corrected chi connectivity index (χ2v) is 5.35. The molecule has 0 aliphatic heterocycles. The smallest absolute Gasteiger partial charge is 0.130 e. The Morgan fingerprint density at radius 1 is 1.05 bits per heavy atom. The summed E-state index contributed by atoms with van der Waals surface area (Å²) in [4.78, 5) is 0. The highest BCUT2D eigenvalue weighted by Gasteiger charge is 2.34. The first-order chi connectivity index (χ1) is 9.68. The fourth-order valence-electron chi connectivity index (χ4n) is 2.79. The van der Waals surface area contributed by atoms with Gasteiger partial charge in [0.15, 0.2) is 0 Å². The van der Waals surface area contributed by atoms with Crippen molar-refractivity contribution in [3.8, 4) is 17.2 Å². The van der Waals surface area contributed by atoms with E-state index in [-0.39, 0.29) is 0 Å². The van der Waals surface area contributed by atoms with E-state index in [0.717, 1.165) is 35.8 Å². The molecule has 0 atom stereocenters. The molecular formula is C16H25NO3. The predicted molar refractivity (Wildman–Crippen MR) is 79.8 cm³/mol. The minimum atomic E-state index is 0.302. The molecule has 0 spiro atoms. The largest absolute Gasteiger partial charge is 0.496 e. The van der Waals surface area contributed by atoms with Crippen molar-refractivity contribution in [3.63, 3.8) is 0 Å². The van der Waals surface area contributed by atoms with Crippen LogP contribution >= 0.6 is 0 Å². The fourth-order valence-corrected chi connectivity index (χ4v) is 2.79. The van der Waals surface area contributed by atoms with Crippen LogP contribution in [0.2, 0.25) is 0 Å². The van der Waals surface area contributed by atoms with Crippen molar-refractivity contribution < 1.29 is 14.2 Å². The normalized spacial score (nSPS) is 16.4. The molecule has 0 bridgehead atoms. The van der Waals surface area contributed by atoms with E-state index in [1.54, 1.807) is 21.3 Å². The molecule has 4 nitrogen and oxygen atoms in total. The van der Waals surface area contributed by atoms with Crippen molar-refractivity contribution in [2.75, 3.05) is 21.3 Å². The fraction of sp³-hybridized carbons (Fsp3) is 0.625. The molecule has 1 fully saturated rings. The lowest BCUT2D eigenvalue weighted by atomic mass is 9.75. The number of rotatable bonds is 7. The van der Waals surface area contributed by atoms with Gasteiger partial charge in [0.05, 0.1) is 26.9 Å². The first-order valence-electron chi connectivity index (χ1n) is 7.22. The monoisotopic (exact) mass is 279 g/mol. The van der Waals surface area contributed by atoms with Crippen LogP contribution in [0.15, 0.2) is 12.1 Å². The van der Waals surface area contributed by atoms with E-state index in [2.05, 4.69) is 12.2 Å². The van der Waals surface area contributed by atoms with Gasteiger partial charge in [0.1, 0.15) is 17.2 Å². The Morgan fingerprint density at radius 3 is 2.00 bits per heavy atom. The molecule has 0 radical (unpaired) electrons. The SMILES string of the molecule is CCC1(NCc2c(OC)cc(OC)cc2OC)CCC1. The van der Waals surface area contributed by atoms with Gasteiger partial charge in [0.2, 0.25) is 0 Å². The van der Waals surface area contributed by atoms with E-state index in [1.165, 1.54) is 19.3 Å². The molecule has 1 aliphatic carbocycles. The van der Waals surface area contributed by atoms with Crippen molar-refractivity contribution in [3.05, 3.63) is 17.7 Å². The third-order valence-corrected chi connectivity index (χ3v) is 4.44. The molecule has 1 saturated carbocycles. The highest BCUT2D eigenvalue weighted by atomic mass is 16.5. The van der Waals surface area contributed by atoms with Crippen molar-refractivity contribution in [1.82, 2.24) is 5.32 Å². The molecule has 1 aliphatic rings. The van der Waals surface area contributed by atoms with Crippen LogP contribution in [0.4, 0.5) is 0 Å². The van der Waals surface area contributed by atoms with Gasteiger partial charge in [0, 0.05) is 24.2 Å². The summed E-state index contributed by atoms with van der Waals surface area (Å²) >= 11 is 0. The van der Waals surface area contributed by atoms with Gasteiger partial charge in [-0.15, -0.1) is 0 Å². The topological polar surface area (TPSA) is 39.7 Å². The van der Waals surface area contributed by atoms with Gasteiger partial charge >= 0.3 is 0 Å². The zero-order valence-electron chi connectivity index (χ0n) is 12.9. The summed E-state index contributed by atoms with van der Waals surface area (Å²) < 4.78 is 16.2. The van der Waals surface area contributed by atoms with Crippen molar-refractivity contribution in [1.29, 1.82) is 0 Å². The van der Waals surface area contributed by atoms with E-state index < -0.39 is 0 Å². The Hall–Kier alpha value is -1.42. The Bertz CT molecular complexity index is 425. The maximum Gasteiger partial charge on any atom is 0.130 e. The summed E-state index contributed by atoms with van der Waals surface area (Å²) in [6.45, 7) is 3.00. The van der Waals surface area contributed by atoms with Crippen LogP contribution < -0.4 is 19.5 Å². The van der Waals surface area contributed by atoms with Crippen LogP contribution in [0.1, 0.15) is 38.2 Å². The highest BCUT2D eigenvalue weighted by Crippen LogP contribution is 2.38. The van der Waals surface area contributed by atoms with Crippen LogP contribution in [0.3, 0.4) is 0 Å². The number of hydrogen-bond donors (Lipinski definition) is 1. The van der Waals surface area contributed by atoms with Gasteiger partial charge in [0.25, 0.3) is 0 Å². The first-order valence-corrected chi connectivity index (χ1v) is 7.22.